The zero-order valence-electron chi connectivity index (χ0n) is 20.8. The second-order valence-corrected chi connectivity index (χ2v) is 10.4. The van der Waals surface area contributed by atoms with Gasteiger partial charge in [-0.05, 0) is 53.6 Å². The standard InChI is InChI=1S/C33H29N2/c1-20(2)23-13-15-26(22(4)17-23)30-19-34-18-24-14-16-27(25-10-6-5-9-21(25)3)32-28-11-7-8-12-29(28)35(30)33(34)31(24)32/h5-17,19-20H,18H2,1-4H3/q+1. The molecular formula is C33H29N2+. The Morgan fingerprint density at radius 1 is 0.743 bits per heavy atom. The third-order valence-electron chi connectivity index (χ3n) is 7.90. The monoisotopic (exact) mass is 453 g/mol. The van der Waals surface area contributed by atoms with Crippen LogP contribution in [-0.2, 0) is 6.54 Å². The number of nitrogens with zero attached hydrogens (tertiary/aromatic N) is 2. The first-order valence-corrected chi connectivity index (χ1v) is 12.6. The van der Waals surface area contributed by atoms with Gasteiger partial charge in [0.05, 0.1) is 5.39 Å². The van der Waals surface area contributed by atoms with Gasteiger partial charge in [0.25, 0.3) is 5.65 Å². The van der Waals surface area contributed by atoms with Gasteiger partial charge >= 0.3 is 0 Å². The largest absolute Gasteiger partial charge is 0.295 e. The smallest absolute Gasteiger partial charge is 0.225 e. The first-order chi connectivity index (χ1) is 17.0. The van der Waals surface area contributed by atoms with Crippen LogP contribution in [0.3, 0.4) is 0 Å². The lowest BCUT2D eigenvalue weighted by molar-refractivity contribution is -0.657. The molecular weight excluding hydrogens is 424 g/mol. The maximum absolute atomic E-state index is 2.51. The zero-order valence-corrected chi connectivity index (χ0v) is 20.8. The molecule has 170 valence electrons. The Morgan fingerprint density at radius 3 is 2.31 bits per heavy atom. The normalized spacial score (nSPS) is 12.7. The van der Waals surface area contributed by atoms with Crippen molar-refractivity contribution in [2.24, 2.45) is 0 Å². The fourth-order valence-electron chi connectivity index (χ4n) is 6.13. The van der Waals surface area contributed by atoms with E-state index in [0.29, 0.717) is 5.92 Å². The minimum Gasteiger partial charge on any atom is -0.225 e. The Hall–Kier alpha value is -3.91. The van der Waals surface area contributed by atoms with E-state index in [1.54, 1.807) is 0 Å². The third-order valence-corrected chi connectivity index (χ3v) is 7.90. The van der Waals surface area contributed by atoms with Crippen LogP contribution in [0.2, 0.25) is 0 Å². The highest BCUT2D eigenvalue weighted by Gasteiger charge is 2.32. The number of aryl methyl sites for hydroxylation is 2. The van der Waals surface area contributed by atoms with E-state index in [0.717, 1.165) is 6.54 Å². The minimum absolute atomic E-state index is 0.530. The average Bonchev–Trinajstić information content (AvgIpc) is 3.41. The Labute approximate surface area is 206 Å². The van der Waals surface area contributed by atoms with Gasteiger partial charge in [0.2, 0.25) is 0 Å². The van der Waals surface area contributed by atoms with Crippen molar-refractivity contribution in [1.29, 1.82) is 0 Å². The molecule has 6 aromatic rings. The molecule has 0 spiro atoms. The Morgan fingerprint density at radius 2 is 1.51 bits per heavy atom. The molecule has 3 heterocycles. The van der Waals surface area contributed by atoms with Gasteiger partial charge in [-0.1, -0.05) is 86.6 Å². The van der Waals surface area contributed by atoms with Crippen LogP contribution in [0.4, 0.5) is 0 Å². The van der Waals surface area contributed by atoms with Crippen LogP contribution < -0.4 is 4.57 Å². The lowest BCUT2D eigenvalue weighted by Crippen LogP contribution is -2.28. The molecule has 1 aliphatic rings. The Bertz CT molecular complexity index is 1820. The van der Waals surface area contributed by atoms with E-state index < -0.39 is 0 Å². The summed E-state index contributed by atoms with van der Waals surface area (Å²) in [6, 6.07) is 29.4. The summed E-state index contributed by atoms with van der Waals surface area (Å²) in [6.07, 6.45) is 2.37. The van der Waals surface area contributed by atoms with Crippen LogP contribution in [0, 0.1) is 13.8 Å². The van der Waals surface area contributed by atoms with E-state index >= 15 is 0 Å². The van der Waals surface area contributed by atoms with E-state index in [-0.39, 0.29) is 0 Å². The predicted octanol–water partition coefficient (Wildman–Crippen LogP) is 7.97. The van der Waals surface area contributed by atoms with Crippen LogP contribution in [0.15, 0.2) is 85.1 Å². The van der Waals surface area contributed by atoms with Gasteiger partial charge in [0.1, 0.15) is 18.3 Å². The van der Waals surface area contributed by atoms with Gasteiger partial charge in [-0.2, -0.15) is 4.40 Å². The minimum atomic E-state index is 0.530. The molecule has 2 heteroatoms. The predicted molar refractivity (Wildman–Crippen MR) is 146 cm³/mol. The van der Waals surface area contributed by atoms with E-state index in [1.807, 2.05) is 0 Å². The molecule has 0 aliphatic carbocycles. The molecule has 4 aromatic carbocycles. The van der Waals surface area contributed by atoms with E-state index in [2.05, 4.69) is 122 Å². The van der Waals surface area contributed by atoms with Crippen molar-refractivity contribution in [3.8, 4) is 22.4 Å². The molecule has 0 unspecified atom stereocenters. The van der Waals surface area contributed by atoms with Crippen molar-refractivity contribution in [3.63, 3.8) is 0 Å². The van der Waals surface area contributed by atoms with Gasteiger partial charge in [-0.3, -0.25) is 0 Å². The van der Waals surface area contributed by atoms with Gasteiger partial charge in [-0.25, -0.2) is 4.57 Å². The molecule has 1 aliphatic heterocycles. The number of rotatable bonds is 3. The molecule has 0 N–H and O–H groups in total. The van der Waals surface area contributed by atoms with Crippen molar-refractivity contribution in [1.82, 2.24) is 4.40 Å². The number of benzene rings is 4. The van der Waals surface area contributed by atoms with Crippen LogP contribution in [0.25, 0.3) is 49.7 Å². The summed E-state index contributed by atoms with van der Waals surface area (Å²) in [5, 5.41) is 4.09. The summed E-state index contributed by atoms with van der Waals surface area (Å²) in [5.41, 5.74) is 13.3. The third kappa shape index (κ3) is 2.80. The molecule has 0 atom stereocenters. The van der Waals surface area contributed by atoms with E-state index in [9.17, 15) is 0 Å². The summed E-state index contributed by atoms with van der Waals surface area (Å²) in [6.45, 7) is 9.92. The van der Waals surface area contributed by atoms with Gasteiger partial charge < -0.3 is 0 Å². The fourth-order valence-corrected chi connectivity index (χ4v) is 6.13. The molecule has 0 radical (unpaired) electrons. The number of hydrogen-bond acceptors (Lipinski definition) is 0. The van der Waals surface area contributed by atoms with E-state index in [4.69, 9.17) is 0 Å². The first-order valence-electron chi connectivity index (χ1n) is 12.6. The topological polar surface area (TPSA) is 8.29 Å². The highest BCUT2D eigenvalue weighted by Crippen LogP contribution is 2.42. The highest BCUT2D eigenvalue weighted by molar-refractivity contribution is 6.19. The zero-order chi connectivity index (χ0) is 23.8. The van der Waals surface area contributed by atoms with Gasteiger partial charge in [0.15, 0.2) is 5.69 Å². The summed E-state index contributed by atoms with van der Waals surface area (Å²) in [4.78, 5) is 0. The highest BCUT2D eigenvalue weighted by atomic mass is 15.1. The Balaban J connectivity index is 1.64. The molecule has 7 rings (SSSR count). The number of aromatic nitrogens is 2. The van der Waals surface area contributed by atoms with Crippen molar-refractivity contribution >= 4 is 27.3 Å². The molecule has 0 saturated heterocycles. The van der Waals surface area contributed by atoms with Crippen LogP contribution >= 0.6 is 0 Å². The number of para-hydroxylation sites is 1. The molecule has 35 heavy (non-hydrogen) atoms. The van der Waals surface area contributed by atoms with Gasteiger partial charge in [0, 0.05) is 21.9 Å². The second kappa shape index (κ2) is 7.29. The fraction of sp³-hybridized carbons (Fsp3) is 0.182. The quantitative estimate of drug-likeness (QED) is 0.189. The van der Waals surface area contributed by atoms with Crippen LogP contribution in [-0.4, -0.2) is 4.40 Å². The molecule has 2 nitrogen and oxygen atoms in total. The van der Waals surface area contributed by atoms with Crippen molar-refractivity contribution in [2.45, 2.75) is 40.2 Å². The Kier molecular flexibility index (Phi) is 4.26. The SMILES string of the molecule is Cc1ccccc1-c1ccc2c3c1c1ccccc1n1c(-c4ccc(C(C)C)cc4C)c[n+](c31)C2. The summed E-state index contributed by atoms with van der Waals surface area (Å²) in [7, 11) is 0. The summed E-state index contributed by atoms with van der Waals surface area (Å²) < 4.78 is 4.96. The molecule has 0 saturated carbocycles. The van der Waals surface area contributed by atoms with Crippen molar-refractivity contribution in [3.05, 3.63) is 107 Å². The number of imidazole rings is 1. The molecule has 2 aromatic heterocycles. The van der Waals surface area contributed by atoms with Crippen molar-refractivity contribution in [2.75, 3.05) is 0 Å². The summed E-state index contributed by atoms with van der Waals surface area (Å²) in [5.74, 6) is 0.530. The molecule has 0 amide bonds. The lowest BCUT2D eigenvalue weighted by Gasteiger charge is -2.13. The van der Waals surface area contributed by atoms with Crippen molar-refractivity contribution < 1.29 is 4.57 Å². The van der Waals surface area contributed by atoms with Crippen LogP contribution in [0.5, 0.6) is 0 Å². The second-order valence-electron chi connectivity index (χ2n) is 10.4. The lowest BCUT2D eigenvalue weighted by atomic mass is 9.91. The maximum Gasteiger partial charge on any atom is 0.295 e. The maximum atomic E-state index is 2.51. The van der Waals surface area contributed by atoms with Crippen LogP contribution in [0.1, 0.15) is 42.0 Å². The molecule has 0 bridgehead atoms. The van der Waals surface area contributed by atoms with Gasteiger partial charge in [-0.15, -0.1) is 0 Å². The average molecular weight is 454 g/mol. The summed E-state index contributed by atoms with van der Waals surface area (Å²) >= 11 is 0. The molecule has 0 fully saturated rings. The number of fused-ring (bicyclic) bond motifs is 3. The first kappa shape index (κ1) is 20.5. The van der Waals surface area contributed by atoms with E-state index in [1.165, 1.54) is 72.0 Å². The number of hydrogen-bond donors (Lipinski definition) is 0. The number of pyridine rings is 1.